The first-order valence-electron chi connectivity index (χ1n) is 9.66. The van der Waals surface area contributed by atoms with Crippen molar-refractivity contribution in [3.05, 3.63) is 42.7 Å². The van der Waals surface area contributed by atoms with Gasteiger partial charge in [-0.25, -0.2) is 9.97 Å². The largest absolute Gasteiger partial charge is 0.485 e. The number of hydrogen-bond donors (Lipinski definition) is 1. The number of nitrogens with one attached hydrogen (secondary N) is 1. The molecule has 1 atom stereocenters. The molecular formula is C20H23N5O4. The topological polar surface area (TPSA) is 96.9 Å². The zero-order chi connectivity index (χ0) is 20.1. The molecule has 0 radical (unpaired) electrons. The number of carbonyl (C=O) groups is 2. The monoisotopic (exact) mass is 397 g/mol. The van der Waals surface area contributed by atoms with Crippen molar-refractivity contribution in [3.63, 3.8) is 0 Å². The van der Waals surface area contributed by atoms with Gasteiger partial charge in [-0.3, -0.25) is 9.59 Å². The van der Waals surface area contributed by atoms with Crippen LogP contribution in [0, 0.1) is 0 Å². The number of amides is 2. The smallest absolute Gasteiger partial charge is 0.267 e. The third-order valence-electron chi connectivity index (χ3n) is 4.92. The normalized spacial score (nSPS) is 18.3. The van der Waals surface area contributed by atoms with E-state index in [0.29, 0.717) is 56.6 Å². The molecular weight excluding hydrogens is 374 g/mol. The van der Waals surface area contributed by atoms with Crippen LogP contribution in [0.15, 0.2) is 42.7 Å². The number of aromatic nitrogens is 2. The van der Waals surface area contributed by atoms with Crippen molar-refractivity contribution in [2.45, 2.75) is 12.5 Å². The van der Waals surface area contributed by atoms with E-state index in [1.165, 1.54) is 0 Å². The Kier molecular flexibility index (Phi) is 5.73. The van der Waals surface area contributed by atoms with E-state index < -0.39 is 6.10 Å². The predicted octanol–water partition coefficient (Wildman–Crippen LogP) is 0.789. The lowest BCUT2D eigenvalue weighted by Crippen LogP contribution is -2.55. The maximum Gasteiger partial charge on any atom is 0.267 e. The molecule has 2 aliphatic heterocycles. The standard InChI is InChI=1S/C20H23N5O4/c26-18(6-9-23-20-21-7-3-8-22-20)24-10-12-25(13-11-24)19(27)17-14-28-15-4-1-2-5-16(15)29-17/h1-5,7-8,17H,6,9-14H2,(H,21,22,23). The maximum atomic E-state index is 12.8. The second-order valence-electron chi connectivity index (χ2n) is 6.82. The van der Waals surface area contributed by atoms with Crippen LogP contribution in [0.1, 0.15) is 6.42 Å². The van der Waals surface area contributed by atoms with Crippen molar-refractivity contribution >= 4 is 17.8 Å². The molecule has 152 valence electrons. The average Bonchev–Trinajstić information content (AvgIpc) is 2.79. The molecule has 0 saturated carbocycles. The van der Waals surface area contributed by atoms with Gasteiger partial charge in [0.2, 0.25) is 18.0 Å². The first-order chi connectivity index (χ1) is 14.2. The molecule has 2 aliphatic rings. The number of para-hydroxylation sites is 2. The van der Waals surface area contributed by atoms with Gasteiger partial charge < -0.3 is 24.6 Å². The van der Waals surface area contributed by atoms with Gasteiger partial charge in [-0.15, -0.1) is 0 Å². The number of carbonyl (C=O) groups excluding carboxylic acids is 2. The molecule has 2 aromatic rings. The lowest BCUT2D eigenvalue weighted by molar-refractivity contribution is -0.146. The fraction of sp³-hybridized carbons (Fsp3) is 0.400. The molecule has 9 nitrogen and oxygen atoms in total. The van der Waals surface area contributed by atoms with E-state index in [2.05, 4.69) is 15.3 Å². The molecule has 1 aromatic heterocycles. The summed E-state index contributed by atoms with van der Waals surface area (Å²) in [4.78, 5) is 36.8. The highest BCUT2D eigenvalue weighted by molar-refractivity contribution is 5.82. The number of anilines is 1. The predicted molar refractivity (Wildman–Crippen MR) is 105 cm³/mol. The van der Waals surface area contributed by atoms with Crippen LogP contribution in [-0.4, -0.2) is 77.0 Å². The zero-order valence-corrected chi connectivity index (χ0v) is 16.0. The van der Waals surface area contributed by atoms with Gasteiger partial charge in [0.05, 0.1) is 0 Å². The summed E-state index contributed by atoms with van der Waals surface area (Å²) in [5.74, 6) is 1.69. The second kappa shape index (κ2) is 8.76. The van der Waals surface area contributed by atoms with Crippen molar-refractivity contribution in [2.75, 3.05) is 44.6 Å². The summed E-state index contributed by atoms with van der Waals surface area (Å²) in [6.45, 7) is 2.66. The van der Waals surface area contributed by atoms with Gasteiger partial charge in [0.15, 0.2) is 11.5 Å². The minimum atomic E-state index is -0.651. The average molecular weight is 397 g/mol. The van der Waals surface area contributed by atoms with Crippen molar-refractivity contribution in [3.8, 4) is 11.5 Å². The minimum Gasteiger partial charge on any atom is -0.485 e. The lowest BCUT2D eigenvalue weighted by atomic mass is 10.2. The third kappa shape index (κ3) is 4.56. The SMILES string of the molecule is O=C(CCNc1ncccn1)N1CCN(C(=O)C2COc3ccccc3O2)CC1. The molecule has 29 heavy (non-hydrogen) atoms. The molecule has 3 heterocycles. The number of fused-ring (bicyclic) bond motifs is 1. The molecule has 2 amide bonds. The Morgan fingerprint density at radius 2 is 1.69 bits per heavy atom. The van der Waals surface area contributed by atoms with Gasteiger partial charge in [0, 0.05) is 51.5 Å². The fourth-order valence-electron chi connectivity index (χ4n) is 3.35. The maximum absolute atomic E-state index is 12.8. The Bertz CT molecular complexity index is 855. The van der Waals surface area contributed by atoms with Crippen LogP contribution in [0.2, 0.25) is 0 Å². The molecule has 4 rings (SSSR count). The van der Waals surface area contributed by atoms with Gasteiger partial charge in [-0.2, -0.15) is 0 Å². The van der Waals surface area contributed by atoms with E-state index in [1.807, 2.05) is 18.2 Å². The van der Waals surface area contributed by atoms with Gasteiger partial charge in [-0.1, -0.05) is 12.1 Å². The molecule has 1 N–H and O–H groups in total. The Labute approximate surface area is 168 Å². The minimum absolute atomic E-state index is 0.0479. The molecule has 0 aliphatic carbocycles. The highest BCUT2D eigenvalue weighted by Crippen LogP contribution is 2.31. The van der Waals surface area contributed by atoms with E-state index >= 15 is 0 Å². The summed E-state index contributed by atoms with van der Waals surface area (Å²) in [6.07, 6.45) is 2.99. The summed E-state index contributed by atoms with van der Waals surface area (Å²) in [6, 6.07) is 9.06. The highest BCUT2D eigenvalue weighted by atomic mass is 16.6. The van der Waals surface area contributed by atoms with Crippen molar-refractivity contribution < 1.29 is 19.1 Å². The summed E-state index contributed by atoms with van der Waals surface area (Å²) in [7, 11) is 0. The lowest BCUT2D eigenvalue weighted by Gasteiger charge is -2.37. The van der Waals surface area contributed by atoms with Crippen LogP contribution in [0.4, 0.5) is 5.95 Å². The van der Waals surface area contributed by atoms with Crippen LogP contribution in [-0.2, 0) is 9.59 Å². The van der Waals surface area contributed by atoms with Crippen LogP contribution < -0.4 is 14.8 Å². The van der Waals surface area contributed by atoms with E-state index in [4.69, 9.17) is 9.47 Å². The van der Waals surface area contributed by atoms with Crippen LogP contribution >= 0.6 is 0 Å². The van der Waals surface area contributed by atoms with Gasteiger partial charge in [-0.05, 0) is 18.2 Å². The number of ether oxygens (including phenoxy) is 2. The molecule has 9 heteroatoms. The number of rotatable bonds is 5. The van der Waals surface area contributed by atoms with Gasteiger partial charge in [0.1, 0.15) is 6.61 Å². The first-order valence-corrected chi connectivity index (χ1v) is 9.66. The quantitative estimate of drug-likeness (QED) is 0.797. The van der Waals surface area contributed by atoms with Crippen LogP contribution in [0.25, 0.3) is 0 Å². The van der Waals surface area contributed by atoms with E-state index in [-0.39, 0.29) is 18.4 Å². The van der Waals surface area contributed by atoms with E-state index in [0.717, 1.165) is 0 Å². The molecule has 1 saturated heterocycles. The summed E-state index contributed by atoms with van der Waals surface area (Å²) < 4.78 is 11.4. The number of hydrogen-bond acceptors (Lipinski definition) is 7. The van der Waals surface area contributed by atoms with Gasteiger partial charge in [0.25, 0.3) is 5.91 Å². The van der Waals surface area contributed by atoms with Gasteiger partial charge >= 0.3 is 0 Å². The van der Waals surface area contributed by atoms with Crippen molar-refractivity contribution in [1.29, 1.82) is 0 Å². The van der Waals surface area contributed by atoms with E-state index in [9.17, 15) is 9.59 Å². The Balaban J connectivity index is 1.22. The molecule has 1 unspecified atom stereocenters. The number of benzene rings is 1. The summed E-state index contributed by atoms with van der Waals surface area (Å²) in [5, 5.41) is 3.03. The van der Waals surface area contributed by atoms with Crippen LogP contribution in [0.3, 0.4) is 0 Å². The Morgan fingerprint density at radius 1 is 1.00 bits per heavy atom. The second-order valence-corrected chi connectivity index (χ2v) is 6.82. The summed E-state index contributed by atoms with van der Waals surface area (Å²) >= 11 is 0. The molecule has 0 spiro atoms. The van der Waals surface area contributed by atoms with Crippen molar-refractivity contribution in [1.82, 2.24) is 19.8 Å². The molecule has 1 aromatic carbocycles. The summed E-state index contributed by atoms with van der Waals surface area (Å²) in [5.41, 5.74) is 0. The Hall–Kier alpha value is -3.36. The fourth-order valence-corrected chi connectivity index (χ4v) is 3.35. The Morgan fingerprint density at radius 3 is 2.45 bits per heavy atom. The van der Waals surface area contributed by atoms with Crippen LogP contribution in [0.5, 0.6) is 11.5 Å². The van der Waals surface area contributed by atoms with E-state index in [1.54, 1.807) is 34.3 Å². The van der Waals surface area contributed by atoms with Crippen molar-refractivity contribution in [2.24, 2.45) is 0 Å². The number of nitrogens with zero attached hydrogens (tertiary/aromatic N) is 4. The first kappa shape index (κ1) is 19.0. The molecule has 0 bridgehead atoms. The molecule has 1 fully saturated rings. The zero-order valence-electron chi connectivity index (χ0n) is 16.0. The highest BCUT2D eigenvalue weighted by Gasteiger charge is 2.33. The third-order valence-corrected chi connectivity index (χ3v) is 4.92. The number of piperazine rings is 1.